The molecule has 1 aromatic rings. The fraction of sp³-hybridized carbons (Fsp3) is 0.733. The van der Waals surface area contributed by atoms with Gasteiger partial charge in [-0.25, -0.2) is 0 Å². The van der Waals surface area contributed by atoms with Crippen molar-refractivity contribution in [3.05, 3.63) is 19.9 Å². The minimum Gasteiger partial charge on any atom is -0.310 e. The zero-order chi connectivity index (χ0) is 12.8. The zero-order valence-corrected chi connectivity index (χ0v) is 14.2. The Morgan fingerprint density at radius 1 is 1.39 bits per heavy atom. The molecule has 1 atom stereocenters. The Bertz CT molecular complexity index is 344. The van der Waals surface area contributed by atoms with Gasteiger partial charge in [-0.2, -0.15) is 0 Å². The smallest absolute Gasteiger partial charge is 0.0656 e. The van der Waals surface area contributed by atoms with Crippen LogP contribution >= 0.6 is 33.9 Å². The zero-order valence-electron chi connectivity index (χ0n) is 11.3. The third-order valence-electron chi connectivity index (χ3n) is 3.92. The van der Waals surface area contributed by atoms with Crippen molar-refractivity contribution in [2.24, 2.45) is 5.92 Å². The van der Waals surface area contributed by atoms with Gasteiger partial charge in [0, 0.05) is 6.04 Å². The van der Waals surface area contributed by atoms with E-state index in [-0.39, 0.29) is 0 Å². The molecule has 1 unspecified atom stereocenters. The first-order valence-electron chi connectivity index (χ1n) is 7.27. The summed E-state index contributed by atoms with van der Waals surface area (Å²) in [5.41, 5.74) is 1.52. The Morgan fingerprint density at radius 3 is 2.78 bits per heavy atom. The second-order valence-electron chi connectivity index (χ2n) is 5.43. The molecule has 1 fully saturated rings. The molecule has 2 rings (SSSR count). The Kier molecular flexibility index (Phi) is 6.45. The molecule has 0 aliphatic heterocycles. The van der Waals surface area contributed by atoms with Crippen LogP contribution in [0.3, 0.4) is 0 Å². The topological polar surface area (TPSA) is 12.0 Å². The SMILES string of the molecule is CCCNC(CC1CCCCC1)c1csc(I)c1. The van der Waals surface area contributed by atoms with Crippen LogP contribution in [0.25, 0.3) is 0 Å². The molecule has 0 amide bonds. The predicted octanol–water partition coefficient (Wildman–Crippen LogP) is 5.36. The van der Waals surface area contributed by atoms with E-state index in [1.54, 1.807) is 0 Å². The van der Waals surface area contributed by atoms with Crippen molar-refractivity contribution in [1.82, 2.24) is 5.32 Å². The molecule has 18 heavy (non-hydrogen) atoms. The summed E-state index contributed by atoms with van der Waals surface area (Å²) in [5.74, 6) is 0.950. The fourth-order valence-electron chi connectivity index (χ4n) is 2.92. The van der Waals surface area contributed by atoms with Crippen molar-refractivity contribution in [2.45, 2.75) is 57.9 Å². The molecule has 0 bridgehead atoms. The summed E-state index contributed by atoms with van der Waals surface area (Å²) >= 11 is 4.31. The first kappa shape index (κ1) is 14.8. The van der Waals surface area contributed by atoms with E-state index < -0.39 is 0 Å². The highest BCUT2D eigenvalue weighted by Gasteiger charge is 2.20. The summed E-state index contributed by atoms with van der Waals surface area (Å²) in [5, 5.41) is 6.09. The maximum absolute atomic E-state index is 3.75. The molecule has 0 radical (unpaired) electrons. The van der Waals surface area contributed by atoms with Gasteiger partial charge in [0.15, 0.2) is 0 Å². The van der Waals surface area contributed by atoms with Crippen LogP contribution in [0.15, 0.2) is 11.4 Å². The first-order valence-corrected chi connectivity index (χ1v) is 9.22. The average Bonchev–Trinajstić information content (AvgIpc) is 2.82. The van der Waals surface area contributed by atoms with Crippen LogP contribution in [0, 0.1) is 8.80 Å². The maximum Gasteiger partial charge on any atom is 0.0656 e. The summed E-state index contributed by atoms with van der Waals surface area (Å²) in [6.45, 7) is 3.39. The van der Waals surface area contributed by atoms with Gasteiger partial charge in [0.1, 0.15) is 0 Å². The molecule has 0 saturated heterocycles. The van der Waals surface area contributed by atoms with E-state index in [1.807, 2.05) is 11.3 Å². The molecule has 102 valence electrons. The van der Waals surface area contributed by atoms with Crippen molar-refractivity contribution >= 4 is 33.9 Å². The van der Waals surface area contributed by atoms with Gasteiger partial charge in [0.25, 0.3) is 0 Å². The molecule has 1 aliphatic carbocycles. The Hall–Kier alpha value is 0.390. The fourth-order valence-corrected chi connectivity index (χ4v) is 4.34. The molecular weight excluding hydrogens is 353 g/mol. The lowest BCUT2D eigenvalue weighted by atomic mass is 9.83. The summed E-state index contributed by atoms with van der Waals surface area (Å²) in [7, 11) is 0. The third-order valence-corrected chi connectivity index (χ3v) is 5.73. The van der Waals surface area contributed by atoms with E-state index in [9.17, 15) is 0 Å². The Balaban J connectivity index is 1.95. The molecule has 1 N–H and O–H groups in total. The lowest BCUT2D eigenvalue weighted by Crippen LogP contribution is -2.25. The number of hydrogen-bond acceptors (Lipinski definition) is 2. The van der Waals surface area contributed by atoms with Crippen molar-refractivity contribution in [1.29, 1.82) is 0 Å². The van der Waals surface area contributed by atoms with E-state index in [0.29, 0.717) is 6.04 Å². The van der Waals surface area contributed by atoms with Gasteiger partial charge in [0.2, 0.25) is 0 Å². The van der Waals surface area contributed by atoms with Crippen molar-refractivity contribution < 1.29 is 0 Å². The van der Waals surface area contributed by atoms with E-state index >= 15 is 0 Å². The molecule has 0 spiro atoms. The van der Waals surface area contributed by atoms with Crippen molar-refractivity contribution in [2.75, 3.05) is 6.54 Å². The number of halogens is 1. The summed E-state index contributed by atoms with van der Waals surface area (Å²) in [6.07, 6.45) is 9.82. The molecule has 1 saturated carbocycles. The van der Waals surface area contributed by atoms with Gasteiger partial charge in [-0.1, -0.05) is 39.0 Å². The quantitative estimate of drug-likeness (QED) is 0.658. The molecule has 1 aliphatic rings. The number of nitrogens with one attached hydrogen (secondary N) is 1. The van der Waals surface area contributed by atoms with E-state index in [2.05, 4.69) is 46.3 Å². The Morgan fingerprint density at radius 2 is 2.17 bits per heavy atom. The molecule has 1 aromatic heterocycles. The molecule has 1 nitrogen and oxygen atoms in total. The minimum atomic E-state index is 0.591. The van der Waals surface area contributed by atoms with Gasteiger partial charge < -0.3 is 5.32 Å². The van der Waals surface area contributed by atoms with Gasteiger partial charge >= 0.3 is 0 Å². The summed E-state index contributed by atoms with van der Waals surface area (Å²) < 4.78 is 1.41. The van der Waals surface area contributed by atoms with Crippen LogP contribution in [0.2, 0.25) is 0 Å². The maximum atomic E-state index is 3.75. The van der Waals surface area contributed by atoms with Gasteiger partial charge in [0.05, 0.1) is 2.88 Å². The number of rotatable bonds is 6. The molecule has 0 aromatic carbocycles. The van der Waals surface area contributed by atoms with Crippen LogP contribution in [0.5, 0.6) is 0 Å². The van der Waals surface area contributed by atoms with Crippen LogP contribution < -0.4 is 5.32 Å². The molecule has 3 heteroatoms. The monoisotopic (exact) mass is 377 g/mol. The van der Waals surface area contributed by atoms with Crippen LogP contribution in [0.1, 0.15) is 63.5 Å². The molecular formula is C15H24INS. The second-order valence-corrected chi connectivity index (χ2v) is 8.24. The summed E-state index contributed by atoms with van der Waals surface area (Å²) in [4.78, 5) is 0. The van der Waals surface area contributed by atoms with E-state index in [0.717, 1.165) is 12.5 Å². The van der Waals surface area contributed by atoms with Gasteiger partial charge in [-0.3, -0.25) is 0 Å². The highest BCUT2D eigenvalue weighted by Crippen LogP contribution is 2.33. The van der Waals surface area contributed by atoms with Crippen molar-refractivity contribution in [3.63, 3.8) is 0 Å². The highest BCUT2D eigenvalue weighted by molar-refractivity contribution is 14.1. The van der Waals surface area contributed by atoms with E-state index in [4.69, 9.17) is 0 Å². The van der Waals surface area contributed by atoms with Crippen LogP contribution in [-0.2, 0) is 0 Å². The highest BCUT2D eigenvalue weighted by atomic mass is 127. The predicted molar refractivity (Wildman–Crippen MR) is 89.3 cm³/mol. The normalized spacial score (nSPS) is 19.0. The van der Waals surface area contributed by atoms with Crippen LogP contribution in [0.4, 0.5) is 0 Å². The molecule has 1 heterocycles. The summed E-state index contributed by atoms with van der Waals surface area (Å²) in [6, 6.07) is 2.95. The average molecular weight is 377 g/mol. The van der Waals surface area contributed by atoms with E-state index in [1.165, 1.54) is 53.4 Å². The Labute approximate surface area is 129 Å². The lowest BCUT2D eigenvalue weighted by Gasteiger charge is -2.27. The number of hydrogen-bond donors (Lipinski definition) is 1. The number of thiophene rings is 1. The largest absolute Gasteiger partial charge is 0.310 e. The van der Waals surface area contributed by atoms with Crippen LogP contribution in [-0.4, -0.2) is 6.54 Å². The van der Waals surface area contributed by atoms with Gasteiger partial charge in [-0.05, 0) is 64.9 Å². The third kappa shape index (κ3) is 4.49. The first-order chi connectivity index (χ1) is 8.79. The van der Waals surface area contributed by atoms with Crippen molar-refractivity contribution in [3.8, 4) is 0 Å². The second kappa shape index (κ2) is 7.85. The standard InChI is InChI=1S/C15H24INS/c1-2-8-17-14(13-10-15(16)18-11-13)9-12-6-4-3-5-7-12/h10-12,14,17H,2-9H2,1H3. The van der Waals surface area contributed by atoms with Gasteiger partial charge in [-0.15, -0.1) is 11.3 Å². The minimum absolute atomic E-state index is 0.591. The lowest BCUT2D eigenvalue weighted by molar-refractivity contribution is 0.300.